The number of nitrogen functional groups attached to an aromatic ring is 1. The van der Waals surface area contributed by atoms with E-state index in [0.717, 1.165) is 11.2 Å². The van der Waals surface area contributed by atoms with E-state index >= 15 is 0 Å². The second-order valence-electron chi connectivity index (χ2n) is 9.24. The topological polar surface area (TPSA) is 259 Å². The van der Waals surface area contributed by atoms with Crippen molar-refractivity contribution in [2.24, 2.45) is 0 Å². The standard InChI is InChI=1S/C24H24N6O11P2/c25-21-17-22(27-11-26-21)30(12-28-17)23-20(19(32)16(40-23)10-39-43(37,38)29-42(34,35)36)41-24(33)15-8-6-14(7-9-15)18(31)13-4-2-1-3-5-13/h1-9,11-12,16,19-20,23,32H,10H2,(H2,25,26,27)(H4,29,34,35,36,37,38)/t16-,19-,20-,23-/m1/s1. The molecule has 1 saturated heterocycles. The first kappa shape index (κ1) is 30.6. The van der Waals surface area contributed by atoms with Gasteiger partial charge >= 0.3 is 21.5 Å². The zero-order valence-corrected chi connectivity index (χ0v) is 23.6. The van der Waals surface area contributed by atoms with Crippen molar-refractivity contribution in [1.82, 2.24) is 24.4 Å². The van der Waals surface area contributed by atoms with Gasteiger partial charge < -0.3 is 35.0 Å². The number of aromatic nitrogens is 4. The van der Waals surface area contributed by atoms with E-state index in [1.807, 2.05) is 0 Å². The minimum atomic E-state index is -5.16. The zero-order valence-electron chi connectivity index (χ0n) is 21.8. The van der Waals surface area contributed by atoms with Gasteiger partial charge in [-0.05, 0) is 12.1 Å². The number of hydrogen-bond acceptors (Lipinski definition) is 12. The number of aliphatic hydroxyl groups is 1. The molecular formula is C24H24N6O11P2. The summed E-state index contributed by atoms with van der Waals surface area (Å²) < 4.78 is 40.6. The van der Waals surface area contributed by atoms with Crippen molar-refractivity contribution in [3.05, 3.63) is 83.9 Å². The maximum absolute atomic E-state index is 13.2. The van der Waals surface area contributed by atoms with Crippen molar-refractivity contribution < 1.29 is 52.5 Å². The fraction of sp³-hybridized carbons (Fsp3) is 0.208. The van der Waals surface area contributed by atoms with E-state index in [0.29, 0.717) is 11.1 Å². The Labute approximate surface area is 242 Å². The number of aliphatic hydroxyl groups excluding tert-OH is 1. The maximum atomic E-state index is 13.2. The lowest BCUT2D eigenvalue weighted by Crippen LogP contribution is -2.37. The fourth-order valence-electron chi connectivity index (χ4n) is 4.34. The summed E-state index contributed by atoms with van der Waals surface area (Å²) in [5.41, 5.74) is 6.99. The Bertz CT molecular complexity index is 1750. The number of benzene rings is 2. The van der Waals surface area contributed by atoms with Gasteiger partial charge in [-0.2, -0.15) is 0 Å². The van der Waals surface area contributed by atoms with Gasteiger partial charge in [0.05, 0.1) is 18.5 Å². The minimum absolute atomic E-state index is 0.0306. The number of nitrogens with two attached hydrogens (primary N) is 1. The van der Waals surface area contributed by atoms with Crippen molar-refractivity contribution in [2.45, 2.75) is 24.5 Å². The van der Waals surface area contributed by atoms with Crippen LogP contribution in [0.2, 0.25) is 0 Å². The normalized spacial score (nSPS) is 21.9. The highest BCUT2D eigenvalue weighted by Crippen LogP contribution is 2.49. The van der Waals surface area contributed by atoms with Gasteiger partial charge in [0.2, 0.25) is 0 Å². The van der Waals surface area contributed by atoms with E-state index in [1.165, 1.54) is 35.2 Å². The summed E-state index contributed by atoms with van der Waals surface area (Å²) in [6.07, 6.45) is -3.53. The third-order valence-corrected chi connectivity index (χ3v) is 8.86. The molecule has 226 valence electrons. The van der Waals surface area contributed by atoms with Crippen LogP contribution in [0.25, 0.3) is 11.2 Å². The average Bonchev–Trinajstić information content (AvgIpc) is 3.52. The van der Waals surface area contributed by atoms with Crippen LogP contribution in [0, 0.1) is 0 Å². The number of nitrogens with one attached hydrogen (secondary N) is 1. The van der Waals surface area contributed by atoms with Crippen LogP contribution >= 0.6 is 15.5 Å². The third kappa shape index (κ3) is 6.86. The molecule has 0 spiro atoms. The number of carbonyl (C=O) groups excluding carboxylic acids is 2. The molecule has 0 radical (unpaired) electrons. The molecule has 5 atom stereocenters. The van der Waals surface area contributed by atoms with Crippen molar-refractivity contribution in [1.29, 1.82) is 0 Å². The van der Waals surface area contributed by atoms with E-state index in [4.69, 9.17) is 29.5 Å². The second-order valence-corrected chi connectivity index (χ2v) is 12.4. The van der Waals surface area contributed by atoms with Gasteiger partial charge in [-0.3, -0.25) is 13.9 Å². The molecule has 1 aliphatic rings. The number of anilines is 1. The van der Waals surface area contributed by atoms with Crippen LogP contribution in [0.1, 0.15) is 32.5 Å². The van der Waals surface area contributed by atoms with E-state index in [-0.39, 0.29) is 28.3 Å². The van der Waals surface area contributed by atoms with E-state index in [1.54, 1.807) is 30.3 Å². The predicted molar refractivity (Wildman–Crippen MR) is 146 cm³/mol. The summed E-state index contributed by atoms with van der Waals surface area (Å²) in [6, 6.07) is 14.1. The second kappa shape index (κ2) is 12.0. The molecule has 2 aromatic heterocycles. The molecule has 43 heavy (non-hydrogen) atoms. The first-order valence-corrected chi connectivity index (χ1v) is 15.5. The predicted octanol–water partition coefficient (Wildman–Crippen LogP) is 0.923. The van der Waals surface area contributed by atoms with Crippen LogP contribution in [-0.4, -0.2) is 76.0 Å². The molecule has 3 heterocycles. The van der Waals surface area contributed by atoms with Gasteiger partial charge in [-0.15, -0.1) is 4.86 Å². The summed E-state index contributed by atoms with van der Waals surface area (Å²) in [4.78, 5) is 66.7. The molecule has 1 aliphatic heterocycles. The molecule has 0 bridgehead atoms. The molecule has 0 amide bonds. The first-order chi connectivity index (χ1) is 20.3. The number of carbonyl (C=O) groups is 2. The number of ketones is 1. The van der Waals surface area contributed by atoms with Crippen molar-refractivity contribution in [3.63, 3.8) is 0 Å². The molecule has 4 aromatic rings. The molecule has 1 unspecified atom stereocenters. The van der Waals surface area contributed by atoms with Crippen LogP contribution < -0.4 is 10.6 Å². The average molecular weight is 634 g/mol. The number of nitrogens with zero attached hydrogens (tertiary/aromatic N) is 4. The monoisotopic (exact) mass is 634 g/mol. The highest BCUT2D eigenvalue weighted by molar-refractivity contribution is 7.66. The highest BCUT2D eigenvalue weighted by Gasteiger charge is 2.49. The largest absolute Gasteiger partial charge is 0.451 e. The van der Waals surface area contributed by atoms with Gasteiger partial charge in [-0.1, -0.05) is 42.5 Å². The number of imidazole rings is 1. The van der Waals surface area contributed by atoms with Crippen LogP contribution in [-0.2, 0) is 23.1 Å². The van der Waals surface area contributed by atoms with Crippen LogP contribution in [0.3, 0.4) is 0 Å². The van der Waals surface area contributed by atoms with Crippen molar-refractivity contribution in [2.75, 3.05) is 12.3 Å². The van der Waals surface area contributed by atoms with Crippen LogP contribution in [0.15, 0.2) is 67.3 Å². The molecule has 0 saturated carbocycles. The number of ether oxygens (including phenoxy) is 2. The number of rotatable bonds is 10. The quantitative estimate of drug-likeness (QED) is 0.0805. The Morgan fingerprint density at radius 1 is 0.977 bits per heavy atom. The van der Waals surface area contributed by atoms with Gasteiger partial charge in [0.15, 0.2) is 29.6 Å². The maximum Gasteiger partial charge on any atom is 0.412 e. The lowest BCUT2D eigenvalue weighted by Gasteiger charge is -2.22. The Kier molecular flexibility index (Phi) is 8.54. The third-order valence-electron chi connectivity index (χ3n) is 6.31. The smallest absolute Gasteiger partial charge is 0.412 e. The Balaban J connectivity index is 1.38. The van der Waals surface area contributed by atoms with E-state index < -0.39 is 52.6 Å². The molecular weight excluding hydrogens is 610 g/mol. The molecule has 2 aromatic carbocycles. The summed E-state index contributed by atoms with van der Waals surface area (Å²) in [7, 11) is -10.2. The molecule has 5 rings (SSSR count). The highest BCUT2D eigenvalue weighted by atomic mass is 31.3. The minimum Gasteiger partial charge on any atom is -0.451 e. The Hall–Kier alpha value is -3.89. The summed E-state index contributed by atoms with van der Waals surface area (Å²) >= 11 is 0. The first-order valence-electron chi connectivity index (χ1n) is 12.3. The zero-order chi connectivity index (χ0) is 30.9. The van der Waals surface area contributed by atoms with Gasteiger partial charge in [0, 0.05) is 11.1 Å². The van der Waals surface area contributed by atoms with Crippen molar-refractivity contribution >= 4 is 44.2 Å². The molecule has 0 aliphatic carbocycles. The summed E-state index contributed by atoms with van der Waals surface area (Å²) in [5, 5.41) is 11.0. The SMILES string of the molecule is Nc1ncnc2c1ncn2[C@@H]1O[C@H](COP(=O)(O)NP(=O)(O)O)[C@@H](O)[C@H]1OC(=O)c1ccc(C(=O)c2ccccc2)cc1. The molecule has 17 nitrogen and oxygen atoms in total. The number of esters is 1. The van der Waals surface area contributed by atoms with Gasteiger partial charge in [-0.25, -0.2) is 28.9 Å². The lowest BCUT2D eigenvalue weighted by molar-refractivity contribution is -0.0547. The van der Waals surface area contributed by atoms with E-state index in [2.05, 4.69) is 15.0 Å². The molecule has 19 heteroatoms. The molecule has 7 N–H and O–H groups in total. The van der Waals surface area contributed by atoms with Gasteiger partial charge in [0.25, 0.3) is 0 Å². The summed E-state index contributed by atoms with van der Waals surface area (Å²) in [6.45, 7) is -0.855. The number of hydrogen-bond donors (Lipinski definition) is 6. The van der Waals surface area contributed by atoms with Crippen molar-refractivity contribution in [3.8, 4) is 0 Å². The van der Waals surface area contributed by atoms with Crippen LogP contribution in [0.4, 0.5) is 5.82 Å². The Morgan fingerprint density at radius 3 is 2.30 bits per heavy atom. The summed E-state index contributed by atoms with van der Waals surface area (Å²) in [5.74, 6) is -1.14. The number of fused-ring (bicyclic) bond motifs is 1. The Morgan fingerprint density at radius 2 is 1.63 bits per heavy atom. The lowest BCUT2D eigenvalue weighted by atomic mass is 10.0. The van der Waals surface area contributed by atoms with Crippen LogP contribution in [0.5, 0.6) is 0 Å². The fourth-order valence-corrected chi connectivity index (χ4v) is 6.23. The van der Waals surface area contributed by atoms with E-state index in [9.17, 15) is 28.7 Å². The van der Waals surface area contributed by atoms with Gasteiger partial charge in [0.1, 0.15) is 24.1 Å². The molecule has 1 fully saturated rings.